The first-order chi connectivity index (χ1) is 6.59. The van der Waals surface area contributed by atoms with Crippen LogP contribution in [0, 0.1) is 0 Å². The lowest BCUT2D eigenvalue weighted by Gasteiger charge is -2.01. The molecule has 0 unspecified atom stereocenters. The molecule has 2 aromatic heterocycles. The van der Waals surface area contributed by atoms with Crippen molar-refractivity contribution >= 4 is 38.6 Å². The topological polar surface area (TPSA) is 66.0 Å². The number of hydrogen-bond donors (Lipinski definition) is 2. The van der Waals surface area contributed by atoms with Gasteiger partial charge in [-0.15, -0.1) is 0 Å². The monoisotopic (exact) mass is 274 g/mol. The molecule has 0 aliphatic carbocycles. The number of fused-ring (bicyclic) bond motifs is 1. The number of aromatic amines is 1. The van der Waals surface area contributed by atoms with Crippen LogP contribution in [-0.4, -0.2) is 15.1 Å². The number of halogens is 2. The summed E-state index contributed by atoms with van der Waals surface area (Å²) in [4.78, 5) is 17.7. The molecular formula is C8H4BrClN2O2. The summed E-state index contributed by atoms with van der Waals surface area (Å²) in [5.74, 6) is -0.203. The summed E-state index contributed by atoms with van der Waals surface area (Å²) in [5, 5.41) is 9.83. The zero-order valence-corrected chi connectivity index (χ0v) is 9.06. The molecule has 2 heterocycles. The van der Waals surface area contributed by atoms with Gasteiger partial charge in [0.25, 0.3) is 5.56 Å². The molecule has 2 aromatic rings. The predicted molar refractivity (Wildman–Crippen MR) is 56.7 cm³/mol. The van der Waals surface area contributed by atoms with Crippen LogP contribution >= 0.6 is 27.5 Å². The molecule has 14 heavy (non-hydrogen) atoms. The maximum absolute atomic E-state index is 11.2. The molecule has 0 saturated heterocycles. The molecular weight excluding hydrogens is 271 g/mol. The first-order valence-electron chi connectivity index (χ1n) is 3.66. The highest BCUT2D eigenvalue weighted by molar-refractivity contribution is 9.10. The van der Waals surface area contributed by atoms with Gasteiger partial charge in [-0.25, -0.2) is 4.98 Å². The van der Waals surface area contributed by atoms with Crippen molar-refractivity contribution in [1.82, 2.24) is 9.97 Å². The van der Waals surface area contributed by atoms with Gasteiger partial charge in [-0.3, -0.25) is 4.79 Å². The first kappa shape index (κ1) is 9.48. The molecule has 4 nitrogen and oxygen atoms in total. The molecule has 0 atom stereocenters. The zero-order valence-electron chi connectivity index (χ0n) is 6.71. The third-order valence-corrected chi connectivity index (χ3v) is 2.69. The van der Waals surface area contributed by atoms with Crippen LogP contribution in [0.4, 0.5) is 0 Å². The maximum atomic E-state index is 11.2. The molecule has 0 spiro atoms. The molecule has 0 bridgehead atoms. The average Bonchev–Trinajstić information content (AvgIpc) is 2.16. The molecule has 6 heteroatoms. The Hall–Kier alpha value is -1.07. The van der Waals surface area contributed by atoms with Crippen molar-refractivity contribution in [3.63, 3.8) is 0 Å². The third kappa shape index (κ3) is 1.38. The van der Waals surface area contributed by atoms with Crippen molar-refractivity contribution in [2.45, 2.75) is 0 Å². The van der Waals surface area contributed by atoms with Gasteiger partial charge in [0.05, 0.1) is 5.52 Å². The van der Waals surface area contributed by atoms with E-state index in [0.29, 0.717) is 5.52 Å². The number of hydrogen-bond acceptors (Lipinski definition) is 3. The highest BCUT2D eigenvalue weighted by Gasteiger charge is 2.10. The van der Waals surface area contributed by atoms with Gasteiger partial charge >= 0.3 is 0 Å². The number of pyridine rings is 2. The molecule has 0 aromatic carbocycles. The predicted octanol–water partition coefficient (Wildman–Crippen LogP) is 2.04. The van der Waals surface area contributed by atoms with E-state index in [1.54, 1.807) is 6.07 Å². The second-order valence-corrected chi connectivity index (χ2v) is 3.83. The Bertz CT molecular complexity index is 567. The summed E-state index contributed by atoms with van der Waals surface area (Å²) in [7, 11) is 0. The Morgan fingerprint density at radius 2 is 2.21 bits per heavy atom. The Morgan fingerprint density at radius 1 is 1.50 bits per heavy atom. The van der Waals surface area contributed by atoms with Crippen molar-refractivity contribution in [1.29, 1.82) is 0 Å². The normalized spacial score (nSPS) is 10.7. The lowest BCUT2D eigenvalue weighted by molar-refractivity contribution is 0.475. The van der Waals surface area contributed by atoms with E-state index >= 15 is 0 Å². The minimum absolute atomic E-state index is 0.0553. The van der Waals surface area contributed by atoms with E-state index in [2.05, 4.69) is 25.9 Å². The number of aromatic hydroxyl groups is 1. The molecule has 0 saturated carbocycles. The fourth-order valence-corrected chi connectivity index (χ4v) is 1.54. The summed E-state index contributed by atoms with van der Waals surface area (Å²) in [6.07, 6.45) is 0. The smallest absolute Gasteiger partial charge is 0.266 e. The SMILES string of the molecule is O=c1[nH]c2ccc(Cl)nc2c(O)c1Br. The molecule has 0 amide bonds. The molecule has 72 valence electrons. The summed E-state index contributed by atoms with van der Waals surface area (Å²) < 4.78 is 0.0553. The van der Waals surface area contributed by atoms with Crippen LogP contribution in [0.1, 0.15) is 0 Å². The van der Waals surface area contributed by atoms with Crippen LogP contribution in [0.2, 0.25) is 5.15 Å². The molecule has 0 aliphatic heterocycles. The molecule has 0 radical (unpaired) electrons. The van der Waals surface area contributed by atoms with Crippen molar-refractivity contribution in [2.75, 3.05) is 0 Å². The number of nitrogens with zero attached hydrogens (tertiary/aromatic N) is 1. The van der Waals surface area contributed by atoms with Gasteiger partial charge in [-0.1, -0.05) is 11.6 Å². The maximum Gasteiger partial charge on any atom is 0.266 e. The second-order valence-electron chi connectivity index (χ2n) is 2.65. The molecule has 0 aliphatic rings. The van der Waals surface area contributed by atoms with Gasteiger partial charge < -0.3 is 10.1 Å². The summed E-state index contributed by atoms with van der Waals surface area (Å²) in [6.45, 7) is 0. The Kier molecular flexibility index (Phi) is 2.20. The van der Waals surface area contributed by atoms with Crippen LogP contribution < -0.4 is 5.56 Å². The van der Waals surface area contributed by atoms with E-state index < -0.39 is 5.56 Å². The fourth-order valence-electron chi connectivity index (χ4n) is 1.11. The van der Waals surface area contributed by atoms with Gasteiger partial charge in [0.15, 0.2) is 5.75 Å². The van der Waals surface area contributed by atoms with Crippen molar-refractivity contribution in [2.24, 2.45) is 0 Å². The van der Waals surface area contributed by atoms with Crippen LogP contribution in [0.5, 0.6) is 5.75 Å². The van der Waals surface area contributed by atoms with Crippen LogP contribution in [-0.2, 0) is 0 Å². The average molecular weight is 275 g/mol. The van der Waals surface area contributed by atoms with E-state index in [9.17, 15) is 9.90 Å². The zero-order chi connectivity index (χ0) is 10.3. The largest absolute Gasteiger partial charge is 0.504 e. The van der Waals surface area contributed by atoms with E-state index in [0.717, 1.165) is 0 Å². The fraction of sp³-hybridized carbons (Fsp3) is 0. The second kappa shape index (κ2) is 3.25. The summed E-state index contributed by atoms with van der Waals surface area (Å²) in [6, 6.07) is 3.12. The van der Waals surface area contributed by atoms with Gasteiger partial charge in [0, 0.05) is 0 Å². The first-order valence-corrected chi connectivity index (χ1v) is 4.83. The minimum atomic E-state index is -0.404. The standard InChI is InChI=1S/C8H4BrClN2O2/c9-5-7(13)6-3(11-8(5)14)1-2-4(10)12-6/h1-2H,(H2,11,13,14). The van der Waals surface area contributed by atoms with Crippen LogP contribution in [0.25, 0.3) is 11.0 Å². The Morgan fingerprint density at radius 3 is 2.93 bits per heavy atom. The molecule has 2 N–H and O–H groups in total. The summed E-state index contributed by atoms with van der Waals surface area (Å²) >= 11 is 8.60. The Labute approximate surface area is 91.7 Å². The Balaban J connectivity index is 2.99. The van der Waals surface area contributed by atoms with Crippen LogP contribution in [0.15, 0.2) is 21.4 Å². The van der Waals surface area contributed by atoms with Crippen molar-refractivity contribution in [3.8, 4) is 5.75 Å². The number of nitrogens with one attached hydrogen (secondary N) is 1. The van der Waals surface area contributed by atoms with Crippen LogP contribution in [0.3, 0.4) is 0 Å². The van der Waals surface area contributed by atoms with Gasteiger partial charge in [0.2, 0.25) is 0 Å². The quantitative estimate of drug-likeness (QED) is 0.723. The number of rotatable bonds is 0. The lowest BCUT2D eigenvalue weighted by Crippen LogP contribution is -2.07. The molecule has 0 fully saturated rings. The number of aromatic nitrogens is 2. The third-order valence-electron chi connectivity index (χ3n) is 1.74. The van der Waals surface area contributed by atoms with E-state index in [1.807, 2.05) is 0 Å². The highest BCUT2D eigenvalue weighted by Crippen LogP contribution is 2.27. The number of H-pyrrole nitrogens is 1. The van der Waals surface area contributed by atoms with Gasteiger partial charge in [-0.05, 0) is 28.1 Å². The van der Waals surface area contributed by atoms with Crippen molar-refractivity contribution in [3.05, 3.63) is 32.1 Å². The van der Waals surface area contributed by atoms with E-state index in [-0.39, 0.29) is 20.9 Å². The van der Waals surface area contributed by atoms with Crippen molar-refractivity contribution < 1.29 is 5.11 Å². The van der Waals surface area contributed by atoms with Gasteiger partial charge in [-0.2, -0.15) is 0 Å². The van der Waals surface area contributed by atoms with E-state index in [1.165, 1.54) is 6.07 Å². The van der Waals surface area contributed by atoms with Gasteiger partial charge in [0.1, 0.15) is 15.1 Å². The highest BCUT2D eigenvalue weighted by atomic mass is 79.9. The molecule has 2 rings (SSSR count). The summed E-state index contributed by atoms with van der Waals surface area (Å²) in [5.41, 5.74) is 0.309. The lowest BCUT2D eigenvalue weighted by atomic mass is 10.3. The minimum Gasteiger partial charge on any atom is -0.504 e. The van der Waals surface area contributed by atoms with E-state index in [4.69, 9.17) is 11.6 Å².